The highest BCUT2D eigenvalue weighted by atomic mass is 32.2. The Bertz CT molecular complexity index is 1300. The number of rotatable bonds is 9. The van der Waals surface area contributed by atoms with Crippen LogP contribution in [0.4, 0.5) is 0 Å². The molecule has 0 radical (unpaired) electrons. The summed E-state index contributed by atoms with van der Waals surface area (Å²) in [6.07, 6.45) is -0.175. The first kappa shape index (κ1) is 27.3. The first-order valence-electron chi connectivity index (χ1n) is 12.4. The van der Waals surface area contributed by atoms with Gasteiger partial charge in [-0.2, -0.15) is 0 Å². The van der Waals surface area contributed by atoms with Crippen LogP contribution in [0.2, 0.25) is 0 Å². The number of esters is 1. The van der Waals surface area contributed by atoms with Crippen LogP contribution >= 0.6 is 11.8 Å². The number of nitrogens with one attached hydrogen (secondary N) is 1. The quantitative estimate of drug-likeness (QED) is 0.424. The highest BCUT2D eigenvalue weighted by molar-refractivity contribution is 8.16. The zero-order chi connectivity index (χ0) is 27.4. The number of hydrogen-bond donors (Lipinski definition) is 1. The van der Waals surface area contributed by atoms with Crippen molar-refractivity contribution in [1.82, 2.24) is 10.2 Å². The van der Waals surface area contributed by atoms with Crippen molar-refractivity contribution in [2.45, 2.75) is 52.3 Å². The molecule has 2 aliphatic heterocycles. The largest absolute Gasteiger partial charge is 0.493 e. The lowest BCUT2D eigenvalue weighted by Gasteiger charge is -2.36. The number of benzene rings is 2. The van der Waals surface area contributed by atoms with Crippen LogP contribution in [0.3, 0.4) is 0 Å². The van der Waals surface area contributed by atoms with Gasteiger partial charge in [0.2, 0.25) is 5.91 Å². The standard InChI is InChI=1S/C29H33N3O5S/c1-17(2)37-28(34)26-19(4)31-29-32(27(26)21-12-13-23(35-5)24(14-21)36-6)22(16-38-29)15-25(33)30-18(3)20-10-8-7-9-11-20/h7-14,16-18,27H,15H2,1-6H3,(H,30,33). The van der Waals surface area contributed by atoms with Gasteiger partial charge in [-0.1, -0.05) is 48.2 Å². The van der Waals surface area contributed by atoms with Crippen LogP contribution in [0, 0.1) is 0 Å². The van der Waals surface area contributed by atoms with Crippen molar-refractivity contribution in [3.63, 3.8) is 0 Å². The molecule has 0 aliphatic carbocycles. The molecule has 2 heterocycles. The average Bonchev–Trinajstić information content (AvgIpc) is 3.28. The number of nitrogens with zero attached hydrogens (tertiary/aromatic N) is 2. The number of amides is 1. The number of aliphatic imine (C=N–C) groups is 1. The van der Waals surface area contributed by atoms with E-state index in [1.165, 1.54) is 11.8 Å². The summed E-state index contributed by atoms with van der Waals surface area (Å²) in [5.74, 6) is 0.542. The molecule has 2 aliphatic rings. The summed E-state index contributed by atoms with van der Waals surface area (Å²) < 4.78 is 16.6. The molecule has 2 unspecified atom stereocenters. The molecule has 38 heavy (non-hydrogen) atoms. The van der Waals surface area contributed by atoms with Gasteiger partial charge in [0.05, 0.1) is 50.1 Å². The number of carbonyl (C=O) groups is 2. The second-order valence-corrected chi connectivity index (χ2v) is 10.2. The molecular formula is C29H33N3O5S. The molecule has 1 N–H and O–H groups in total. The van der Waals surface area contributed by atoms with Gasteiger partial charge < -0.3 is 24.4 Å². The molecule has 9 heteroatoms. The lowest BCUT2D eigenvalue weighted by molar-refractivity contribution is -0.143. The Labute approximate surface area is 227 Å². The van der Waals surface area contributed by atoms with Crippen LogP contribution in [-0.4, -0.2) is 42.3 Å². The summed E-state index contributed by atoms with van der Waals surface area (Å²) in [6.45, 7) is 7.39. The number of fused-ring (bicyclic) bond motifs is 1. The minimum Gasteiger partial charge on any atom is -0.493 e. The fraction of sp³-hybridized carbons (Fsp3) is 0.345. The topological polar surface area (TPSA) is 89.5 Å². The van der Waals surface area contributed by atoms with Gasteiger partial charge >= 0.3 is 5.97 Å². The van der Waals surface area contributed by atoms with Gasteiger partial charge in [-0.3, -0.25) is 4.79 Å². The fourth-order valence-electron chi connectivity index (χ4n) is 4.53. The third-order valence-electron chi connectivity index (χ3n) is 6.31. The molecule has 0 saturated heterocycles. The molecule has 0 bridgehead atoms. The van der Waals surface area contributed by atoms with E-state index in [-0.39, 0.29) is 24.5 Å². The predicted molar refractivity (Wildman–Crippen MR) is 149 cm³/mol. The van der Waals surface area contributed by atoms with Crippen LogP contribution in [0.5, 0.6) is 11.5 Å². The zero-order valence-corrected chi connectivity index (χ0v) is 23.3. The van der Waals surface area contributed by atoms with E-state index in [9.17, 15) is 9.59 Å². The SMILES string of the molecule is COc1ccc(C2C(C(=O)OC(C)C)=C(C)N=C3SC=C(CC(=O)NC(C)c4ccccc4)N32)cc1OC. The van der Waals surface area contributed by atoms with Crippen molar-refractivity contribution in [2.75, 3.05) is 14.2 Å². The summed E-state index contributed by atoms with van der Waals surface area (Å²) in [5, 5.41) is 5.70. The number of hydrogen-bond acceptors (Lipinski definition) is 8. The van der Waals surface area contributed by atoms with Gasteiger partial charge in [-0.05, 0) is 56.4 Å². The summed E-state index contributed by atoms with van der Waals surface area (Å²) >= 11 is 1.43. The molecule has 0 aromatic heterocycles. The Morgan fingerprint density at radius 2 is 1.76 bits per heavy atom. The summed E-state index contributed by atoms with van der Waals surface area (Å²) in [7, 11) is 3.14. The third-order valence-corrected chi connectivity index (χ3v) is 7.19. The number of thioether (sulfide) groups is 1. The predicted octanol–water partition coefficient (Wildman–Crippen LogP) is 5.50. The van der Waals surface area contributed by atoms with Gasteiger partial charge in [-0.25, -0.2) is 9.79 Å². The molecule has 2 aromatic rings. The first-order valence-corrected chi connectivity index (χ1v) is 13.3. The van der Waals surface area contributed by atoms with Gasteiger partial charge in [0.15, 0.2) is 16.7 Å². The van der Waals surface area contributed by atoms with Gasteiger partial charge in [0, 0.05) is 5.70 Å². The Kier molecular flexibility index (Phi) is 8.46. The van der Waals surface area contributed by atoms with E-state index in [2.05, 4.69) is 5.32 Å². The van der Waals surface area contributed by atoms with Gasteiger partial charge in [-0.15, -0.1) is 0 Å². The molecule has 200 valence electrons. The maximum atomic E-state index is 13.4. The van der Waals surface area contributed by atoms with Crippen LogP contribution < -0.4 is 14.8 Å². The molecule has 2 atom stereocenters. The molecule has 0 spiro atoms. The average molecular weight is 536 g/mol. The van der Waals surface area contributed by atoms with E-state index >= 15 is 0 Å². The Morgan fingerprint density at radius 1 is 1.05 bits per heavy atom. The summed E-state index contributed by atoms with van der Waals surface area (Å²) in [4.78, 5) is 33.2. The number of allylic oxidation sites excluding steroid dienone is 1. The second kappa shape index (κ2) is 11.8. The van der Waals surface area contributed by atoms with E-state index in [1.807, 2.05) is 80.5 Å². The highest BCUT2D eigenvalue weighted by Crippen LogP contribution is 2.46. The fourth-order valence-corrected chi connectivity index (χ4v) is 5.49. The van der Waals surface area contributed by atoms with E-state index < -0.39 is 12.0 Å². The van der Waals surface area contributed by atoms with Crippen LogP contribution in [0.25, 0.3) is 0 Å². The number of amidine groups is 1. The van der Waals surface area contributed by atoms with Crippen LogP contribution in [-0.2, 0) is 14.3 Å². The summed E-state index contributed by atoms with van der Waals surface area (Å²) in [6, 6.07) is 14.7. The molecule has 1 amide bonds. The first-order chi connectivity index (χ1) is 18.2. The monoisotopic (exact) mass is 535 g/mol. The molecule has 0 fully saturated rings. The van der Waals surface area contributed by atoms with Crippen molar-refractivity contribution in [3.05, 3.63) is 82.0 Å². The van der Waals surface area contributed by atoms with E-state index in [1.54, 1.807) is 20.3 Å². The van der Waals surface area contributed by atoms with Crippen molar-refractivity contribution in [1.29, 1.82) is 0 Å². The molecule has 2 aromatic carbocycles. The lowest BCUT2D eigenvalue weighted by atomic mass is 9.93. The Hall–Kier alpha value is -3.72. The van der Waals surface area contributed by atoms with E-state index in [4.69, 9.17) is 19.2 Å². The number of ether oxygens (including phenoxy) is 3. The zero-order valence-electron chi connectivity index (χ0n) is 22.5. The molecular weight excluding hydrogens is 502 g/mol. The van der Waals surface area contributed by atoms with Crippen molar-refractivity contribution in [3.8, 4) is 11.5 Å². The van der Waals surface area contributed by atoms with Crippen molar-refractivity contribution < 1.29 is 23.8 Å². The van der Waals surface area contributed by atoms with Gasteiger partial charge in [0.1, 0.15) is 0 Å². The second-order valence-electron chi connectivity index (χ2n) is 9.34. The van der Waals surface area contributed by atoms with E-state index in [0.717, 1.165) is 16.8 Å². The highest BCUT2D eigenvalue weighted by Gasteiger charge is 2.41. The van der Waals surface area contributed by atoms with Crippen molar-refractivity contribution >= 4 is 28.8 Å². The minimum atomic E-state index is -0.561. The maximum absolute atomic E-state index is 13.4. The van der Waals surface area contributed by atoms with E-state index in [0.29, 0.717) is 27.9 Å². The molecule has 8 nitrogen and oxygen atoms in total. The normalized spacial score (nSPS) is 17.4. The smallest absolute Gasteiger partial charge is 0.338 e. The maximum Gasteiger partial charge on any atom is 0.338 e. The minimum absolute atomic E-state index is 0.124. The third kappa shape index (κ3) is 5.72. The van der Waals surface area contributed by atoms with Gasteiger partial charge in [0.25, 0.3) is 0 Å². The Morgan fingerprint density at radius 3 is 2.42 bits per heavy atom. The van der Waals surface area contributed by atoms with Crippen LogP contribution in [0.15, 0.2) is 75.9 Å². The lowest BCUT2D eigenvalue weighted by Crippen LogP contribution is -2.38. The summed E-state index contributed by atoms with van der Waals surface area (Å²) in [5.41, 5.74) is 3.55. The number of methoxy groups -OCH3 is 2. The van der Waals surface area contributed by atoms with Crippen molar-refractivity contribution in [2.24, 2.45) is 4.99 Å². The number of carbonyl (C=O) groups excluding carboxylic acids is 2. The molecule has 4 rings (SSSR count). The molecule has 0 saturated carbocycles. The Balaban J connectivity index is 1.68. The van der Waals surface area contributed by atoms with Crippen LogP contribution in [0.1, 0.15) is 57.3 Å².